The van der Waals surface area contributed by atoms with E-state index in [1.165, 1.54) is 0 Å². The predicted molar refractivity (Wildman–Crippen MR) is 224 cm³/mol. The van der Waals surface area contributed by atoms with E-state index in [4.69, 9.17) is 5.11 Å². The van der Waals surface area contributed by atoms with Gasteiger partial charge in [-0.1, -0.05) is 86.3 Å². The minimum Gasteiger partial charge on any atom is -0.481 e. The maximum absolute atomic E-state index is 13.9. The fourth-order valence-electron chi connectivity index (χ4n) is 6.54. The summed E-state index contributed by atoms with van der Waals surface area (Å²) in [6, 6.07) is 15.9. The van der Waals surface area contributed by atoms with Crippen LogP contribution in [0.25, 0.3) is 0 Å². The summed E-state index contributed by atoms with van der Waals surface area (Å²) >= 11 is 0. The highest BCUT2D eigenvalue weighted by Crippen LogP contribution is 2.17. The van der Waals surface area contributed by atoms with Gasteiger partial charge >= 0.3 is 18.0 Å². The van der Waals surface area contributed by atoms with Crippen LogP contribution in [0.1, 0.15) is 120 Å². The second kappa shape index (κ2) is 30.3. The van der Waals surface area contributed by atoms with Crippen LogP contribution in [0.4, 0.5) is 4.79 Å². The third-order valence-electron chi connectivity index (χ3n) is 9.90. The Morgan fingerprint density at radius 2 is 1.12 bits per heavy atom. The number of nitrogens with one attached hydrogen (secondary N) is 4. The Morgan fingerprint density at radius 1 is 0.567 bits per heavy atom. The lowest BCUT2D eigenvalue weighted by molar-refractivity contribution is -0.139. The lowest BCUT2D eigenvalue weighted by Gasteiger charge is -2.22. The summed E-state index contributed by atoms with van der Waals surface area (Å²) in [5.74, 6) is -3.95. The first-order chi connectivity index (χ1) is 28.9. The van der Waals surface area contributed by atoms with Crippen molar-refractivity contribution in [3.63, 3.8) is 0 Å². The number of carbonyl (C=O) groups is 9. The number of hydrogen-bond acceptors (Lipinski definition) is 9. The molecule has 60 heavy (non-hydrogen) atoms. The van der Waals surface area contributed by atoms with Crippen molar-refractivity contribution < 1.29 is 53.4 Å². The van der Waals surface area contributed by atoms with E-state index in [-0.39, 0.29) is 113 Å². The number of benzene rings is 2. The summed E-state index contributed by atoms with van der Waals surface area (Å²) in [6.07, 6.45) is 7.18. The number of Topliss-reactive ketones (excluding diaryl/α,β-unsaturated/α-hetero) is 3. The Kier molecular flexibility index (Phi) is 25.5. The molecule has 328 valence electrons. The molecule has 0 aliphatic rings. The number of amides is 4. The molecule has 3 unspecified atom stereocenters. The summed E-state index contributed by atoms with van der Waals surface area (Å²) in [5.41, 5.74) is 1.75. The Labute approximate surface area is 352 Å². The van der Waals surface area contributed by atoms with Crippen molar-refractivity contribution in [1.82, 2.24) is 21.3 Å². The number of unbranched alkanes of at least 4 members (excludes halogenated alkanes) is 5. The first-order valence-corrected chi connectivity index (χ1v) is 21.0. The van der Waals surface area contributed by atoms with E-state index >= 15 is 0 Å². The summed E-state index contributed by atoms with van der Waals surface area (Å²) in [4.78, 5) is 109. The molecule has 0 aliphatic carbocycles. The maximum Gasteiger partial charge on any atom is 0.326 e. The number of hydrogen-bond donors (Lipinski definition) is 6. The van der Waals surface area contributed by atoms with E-state index in [1.54, 1.807) is 0 Å². The number of aldehydes is 1. The quantitative estimate of drug-likeness (QED) is 0.0402. The molecule has 15 nitrogen and oxygen atoms in total. The lowest BCUT2D eigenvalue weighted by atomic mass is 9.89. The van der Waals surface area contributed by atoms with Crippen molar-refractivity contribution in [3.8, 4) is 0 Å². The fraction of sp³-hybridized carbons (Fsp3) is 0.533. The summed E-state index contributed by atoms with van der Waals surface area (Å²) in [7, 11) is 0. The zero-order chi connectivity index (χ0) is 44.0. The summed E-state index contributed by atoms with van der Waals surface area (Å²) in [5, 5.41) is 28.6. The molecule has 15 heteroatoms. The normalized spacial score (nSPS) is 12.3. The van der Waals surface area contributed by atoms with Crippen molar-refractivity contribution in [2.75, 3.05) is 13.1 Å². The number of aliphatic carboxylic acids is 2. The average molecular weight is 835 g/mol. The van der Waals surface area contributed by atoms with Gasteiger partial charge in [0.15, 0.2) is 5.78 Å². The topological polar surface area (TPSA) is 242 Å². The second-order valence-electron chi connectivity index (χ2n) is 15.0. The SMILES string of the molecule is O=CCCC(=O)CCCNC(=O)C(CC(=O)C(Cc1ccccc1)NC(=O)CCCCCCCCC(=O)CCC(NC(=O)NCCCC(=O)O)C(=O)O)Cc1ccccc1. The van der Waals surface area contributed by atoms with Crippen LogP contribution >= 0.6 is 0 Å². The molecule has 2 aromatic rings. The van der Waals surface area contributed by atoms with Gasteiger partial charge in [-0.2, -0.15) is 0 Å². The number of urea groups is 1. The highest BCUT2D eigenvalue weighted by Gasteiger charge is 2.28. The van der Waals surface area contributed by atoms with Crippen LogP contribution in [0.5, 0.6) is 0 Å². The van der Waals surface area contributed by atoms with Crippen LogP contribution in [0.2, 0.25) is 0 Å². The molecule has 0 saturated carbocycles. The molecular weight excluding hydrogens is 773 g/mol. The van der Waals surface area contributed by atoms with Gasteiger partial charge in [-0.25, -0.2) is 9.59 Å². The first-order valence-electron chi connectivity index (χ1n) is 21.0. The Hall–Kier alpha value is -5.73. The monoisotopic (exact) mass is 834 g/mol. The van der Waals surface area contributed by atoms with Crippen molar-refractivity contribution in [1.29, 1.82) is 0 Å². The van der Waals surface area contributed by atoms with Gasteiger partial charge in [-0.3, -0.25) is 28.8 Å². The van der Waals surface area contributed by atoms with Crippen LogP contribution in [0.15, 0.2) is 60.7 Å². The maximum atomic E-state index is 13.9. The number of carboxylic acids is 2. The molecule has 0 aliphatic heterocycles. The molecule has 0 saturated heterocycles. The molecule has 0 radical (unpaired) electrons. The van der Waals surface area contributed by atoms with Gasteiger partial charge in [-0.15, -0.1) is 0 Å². The average Bonchev–Trinajstić information content (AvgIpc) is 3.22. The van der Waals surface area contributed by atoms with E-state index in [1.807, 2.05) is 60.7 Å². The standard InChI is InChI=1S/C45H62N4O11/c50-29-15-22-36(51)21-13-27-46-43(57)35(30-33-16-7-5-8-17-33)32-40(53)39(31-34-18-9-6-10-19-34)48-41(54)23-12-4-2-1-3-11-20-37(52)25-26-38(44(58)59)49-45(60)47-28-14-24-42(55)56/h5-10,16-19,29,35,38-39H,1-4,11-15,20-28,30-32H2,(H,46,57)(H,48,54)(H,55,56)(H,58,59)(H2,47,49,60). The smallest absolute Gasteiger partial charge is 0.326 e. The van der Waals surface area contributed by atoms with Gasteiger partial charge < -0.3 is 36.3 Å². The largest absolute Gasteiger partial charge is 0.481 e. The molecule has 6 N–H and O–H groups in total. The predicted octanol–water partition coefficient (Wildman–Crippen LogP) is 5.06. The third kappa shape index (κ3) is 23.6. The van der Waals surface area contributed by atoms with E-state index in [0.29, 0.717) is 32.0 Å². The van der Waals surface area contributed by atoms with Gasteiger partial charge in [-0.05, 0) is 56.1 Å². The fourth-order valence-corrected chi connectivity index (χ4v) is 6.54. The van der Waals surface area contributed by atoms with Crippen molar-refractivity contribution in [2.24, 2.45) is 5.92 Å². The van der Waals surface area contributed by atoms with E-state index in [9.17, 15) is 48.3 Å². The number of carbonyl (C=O) groups excluding carboxylic acids is 7. The van der Waals surface area contributed by atoms with E-state index in [0.717, 1.165) is 36.8 Å². The molecule has 0 bridgehead atoms. The number of ketones is 3. The van der Waals surface area contributed by atoms with Crippen LogP contribution in [-0.2, 0) is 51.2 Å². The summed E-state index contributed by atoms with van der Waals surface area (Å²) in [6.45, 7) is 0.330. The molecule has 4 amide bonds. The first kappa shape index (κ1) is 50.4. The minimum absolute atomic E-state index is 0.00577. The van der Waals surface area contributed by atoms with Gasteiger partial charge in [0.25, 0.3) is 0 Å². The minimum atomic E-state index is -1.27. The molecular formula is C45H62N4O11. The third-order valence-corrected chi connectivity index (χ3v) is 9.90. The molecule has 0 fully saturated rings. The van der Waals surface area contributed by atoms with Crippen molar-refractivity contribution in [3.05, 3.63) is 71.8 Å². The Bertz CT molecular complexity index is 1670. The molecule has 2 rings (SSSR count). The van der Waals surface area contributed by atoms with E-state index < -0.39 is 36.0 Å². The van der Waals surface area contributed by atoms with Crippen LogP contribution in [0, 0.1) is 5.92 Å². The van der Waals surface area contributed by atoms with Gasteiger partial charge in [0.05, 0.1) is 6.04 Å². The second-order valence-corrected chi connectivity index (χ2v) is 15.0. The van der Waals surface area contributed by atoms with Crippen LogP contribution in [-0.4, -0.2) is 88.8 Å². The van der Waals surface area contributed by atoms with E-state index in [2.05, 4.69) is 21.3 Å². The van der Waals surface area contributed by atoms with Crippen LogP contribution < -0.4 is 21.3 Å². The van der Waals surface area contributed by atoms with Gasteiger partial charge in [0, 0.05) is 70.4 Å². The van der Waals surface area contributed by atoms with Gasteiger partial charge in [0.2, 0.25) is 11.8 Å². The lowest BCUT2D eigenvalue weighted by Crippen LogP contribution is -2.46. The highest BCUT2D eigenvalue weighted by molar-refractivity contribution is 5.93. The number of carboxylic acid groups (broad SMARTS) is 2. The molecule has 2 aromatic carbocycles. The van der Waals surface area contributed by atoms with Crippen molar-refractivity contribution >= 4 is 53.4 Å². The Balaban J connectivity index is 1.81. The summed E-state index contributed by atoms with van der Waals surface area (Å²) < 4.78 is 0. The molecule has 3 atom stereocenters. The molecule has 0 aromatic heterocycles. The zero-order valence-electron chi connectivity index (χ0n) is 34.5. The number of rotatable bonds is 34. The molecule has 0 heterocycles. The highest BCUT2D eigenvalue weighted by atomic mass is 16.4. The van der Waals surface area contributed by atoms with Gasteiger partial charge in [0.1, 0.15) is 23.9 Å². The van der Waals surface area contributed by atoms with Crippen molar-refractivity contribution in [2.45, 2.75) is 134 Å². The zero-order valence-corrected chi connectivity index (χ0v) is 34.5. The molecule has 0 spiro atoms. The van der Waals surface area contributed by atoms with Crippen LogP contribution in [0.3, 0.4) is 0 Å². The Morgan fingerprint density at radius 3 is 1.73 bits per heavy atom.